The van der Waals surface area contributed by atoms with E-state index in [0.717, 1.165) is 12.8 Å². The van der Waals surface area contributed by atoms with Crippen LogP contribution in [0.3, 0.4) is 0 Å². The molecule has 3 nitrogen and oxygen atoms in total. The molecule has 2 aliphatic rings. The molecule has 3 heteroatoms. The zero-order valence-electron chi connectivity index (χ0n) is 10.2. The molecule has 2 aliphatic carbocycles. The van der Waals surface area contributed by atoms with Crippen molar-refractivity contribution in [3.05, 3.63) is 0 Å². The third kappa shape index (κ3) is 1.40. The highest BCUT2D eigenvalue weighted by molar-refractivity contribution is 5.85. The maximum absolute atomic E-state index is 12.1. The van der Waals surface area contributed by atoms with E-state index in [0.29, 0.717) is 6.54 Å². The van der Waals surface area contributed by atoms with Crippen LogP contribution in [-0.4, -0.2) is 18.0 Å². The van der Waals surface area contributed by atoms with E-state index in [2.05, 4.69) is 33.0 Å². The lowest BCUT2D eigenvalue weighted by Crippen LogP contribution is -2.43. The highest BCUT2D eigenvalue weighted by atomic mass is 16.2. The largest absolute Gasteiger partial charge is 0.349 e. The molecule has 2 rings (SSSR count). The Morgan fingerprint density at radius 3 is 2.00 bits per heavy atom. The van der Waals surface area contributed by atoms with E-state index in [-0.39, 0.29) is 28.2 Å². The molecule has 86 valence electrons. The van der Waals surface area contributed by atoms with E-state index >= 15 is 0 Å². The van der Waals surface area contributed by atoms with Gasteiger partial charge in [-0.3, -0.25) is 4.79 Å². The van der Waals surface area contributed by atoms with Gasteiger partial charge in [-0.15, -0.1) is 0 Å². The number of hydrogen-bond donors (Lipinski definition) is 2. The number of hydrogen-bond acceptors (Lipinski definition) is 2. The lowest BCUT2D eigenvalue weighted by Gasteiger charge is -2.15. The van der Waals surface area contributed by atoms with Crippen molar-refractivity contribution >= 4 is 5.91 Å². The molecule has 0 aromatic rings. The zero-order valence-corrected chi connectivity index (χ0v) is 10.2. The van der Waals surface area contributed by atoms with Gasteiger partial charge in [0.15, 0.2) is 0 Å². The Labute approximate surface area is 91.8 Å². The molecule has 0 aliphatic heterocycles. The SMILES string of the molecule is CC1(C)C(C(=O)NC2(CN)CC2)C1(C)C. The summed E-state index contributed by atoms with van der Waals surface area (Å²) in [5.41, 5.74) is 5.86. The van der Waals surface area contributed by atoms with Crippen LogP contribution in [0.15, 0.2) is 0 Å². The Bertz CT molecular complexity index is 289. The Morgan fingerprint density at radius 2 is 1.73 bits per heavy atom. The summed E-state index contributed by atoms with van der Waals surface area (Å²) in [7, 11) is 0. The molecule has 2 saturated carbocycles. The summed E-state index contributed by atoms with van der Waals surface area (Å²) in [5.74, 6) is 0.349. The molecule has 15 heavy (non-hydrogen) atoms. The van der Waals surface area contributed by atoms with Crippen molar-refractivity contribution in [3.63, 3.8) is 0 Å². The third-order valence-corrected chi connectivity index (χ3v) is 4.92. The molecule has 0 spiro atoms. The average Bonchev–Trinajstić information content (AvgIpc) is 2.91. The maximum atomic E-state index is 12.1. The fourth-order valence-electron chi connectivity index (χ4n) is 2.72. The maximum Gasteiger partial charge on any atom is 0.224 e. The lowest BCUT2D eigenvalue weighted by molar-refractivity contribution is -0.124. The molecule has 0 bridgehead atoms. The minimum absolute atomic E-state index is 0.0498. The van der Waals surface area contributed by atoms with Crippen molar-refractivity contribution in [2.45, 2.75) is 46.1 Å². The van der Waals surface area contributed by atoms with Crippen LogP contribution in [0, 0.1) is 16.7 Å². The van der Waals surface area contributed by atoms with Gasteiger partial charge >= 0.3 is 0 Å². The highest BCUT2D eigenvalue weighted by Gasteiger charge is 2.68. The predicted molar refractivity (Wildman–Crippen MR) is 60.2 cm³/mol. The van der Waals surface area contributed by atoms with Gasteiger partial charge in [-0.1, -0.05) is 27.7 Å². The van der Waals surface area contributed by atoms with Crippen LogP contribution < -0.4 is 11.1 Å². The Balaban J connectivity index is 2.00. The second-order valence-electron chi connectivity index (χ2n) is 6.35. The van der Waals surface area contributed by atoms with Gasteiger partial charge in [0, 0.05) is 12.5 Å². The van der Waals surface area contributed by atoms with Crippen LogP contribution >= 0.6 is 0 Å². The van der Waals surface area contributed by atoms with Gasteiger partial charge in [0.1, 0.15) is 0 Å². The molecular formula is C12H22N2O. The van der Waals surface area contributed by atoms with Crippen LogP contribution in [0.5, 0.6) is 0 Å². The molecule has 0 atom stereocenters. The first kappa shape index (κ1) is 10.9. The van der Waals surface area contributed by atoms with Crippen LogP contribution in [0.4, 0.5) is 0 Å². The van der Waals surface area contributed by atoms with Crippen molar-refractivity contribution in [2.75, 3.05) is 6.54 Å². The normalized spacial score (nSPS) is 29.7. The first-order valence-electron chi connectivity index (χ1n) is 5.79. The Kier molecular flexibility index (Phi) is 2.01. The molecule has 0 aromatic heterocycles. The summed E-state index contributed by atoms with van der Waals surface area (Å²) in [6.07, 6.45) is 2.09. The van der Waals surface area contributed by atoms with Gasteiger partial charge in [0.25, 0.3) is 0 Å². The highest BCUT2D eigenvalue weighted by Crippen LogP contribution is 2.68. The Morgan fingerprint density at radius 1 is 1.27 bits per heavy atom. The monoisotopic (exact) mass is 210 g/mol. The van der Waals surface area contributed by atoms with Crippen molar-refractivity contribution < 1.29 is 4.79 Å². The number of carbonyl (C=O) groups is 1. The quantitative estimate of drug-likeness (QED) is 0.737. The van der Waals surface area contributed by atoms with E-state index in [1.165, 1.54) is 0 Å². The van der Waals surface area contributed by atoms with Crippen LogP contribution in [0.1, 0.15) is 40.5 Å². The number of carbonyl (C=O) groups excluding carboxylic acids is 1. The lowest BCUT2D eigenvalue weighted by atomic mass is 10.0. The summed E-state index contributed by atoms with van der Waals surface area (Å²) in [4.78, 5) is 12.1. The molecule has 0 heterocycles. The molecule has 0 aromatic carbocycles. The second-order valence-corrected chi connectivity index (χ2v) is 6.35. The topological polar surface area (TPSA) is 55.1 Å². The van der Waals surface area contributed by atoms with Crippen molar-refractivity contribution in [1.82, 2.24) is 5.32 Å². The van der Waals surface area contributed by atoms with Crippen molar-refractivity contribution in [3.8, 4) is 0 Å². The minimum atomic E-state index is -0.0498. The summed E-state index contributed by atoms with van der Waals surface area (Å²) < 4.78 is 0. The zero-order chi connectivity index (χ0) is 11.5. The van der Waals surface area contributed by atoms with Gasteiger partial charge in [-0.2, -0.15) is 0 Å². The second kappa shape index (κ2) is 2.76. The van der Waals surface area contributed by atoms with Crippen molar-refractivity contribution in [1.29, 1.82) is 0 Å². The fraction of sp³-hybridized carbons (Fsp3) is 0.917. The predicted octanol–water partition coefficient (Wildman–Crippen LogP) is 1.28. The van der Waals surface area contributed by atoms with Crippen LogP contribution in [0.25, 0.3) is 0 Å². The molecule has 1 amide bonds. The molecule has 2 fully saturated rings. The third-order valence-electron chi connectivity index (χ3n) is 4.92. The minimum Gasteiger partial charge on any atom is -0.349 e. The average molecular weight is 210 g/mol. The van der Waals surface area contributed by atoms with Gasteiger partial charge in [0.2, 0.25) is 5.91 Å². The fourth-order valence-corrected chi connectivity index (χ4v) is 2.72. The van der Waals surface area contributed by atoms with E-state index < -0.39 is 0 Å². The van der Waals surface area contributed by atoms with Gasteiger partial charge in [-0.05, 0) is 23.7 Å². The molecule has 3 N–H and O–H groups in total. The van der Waals surface area contributed by atoms with Crippen molar-refractivity contribution in [2.24, 2.45) is 22.5 Å². The molecule has 0 unspecified atom stereocenters. The summed E-state index contributed by atoms with van der Waals surface area (Å²) in [6.45, 7) is 9.24. The summed E-state index contributed by atoms with van der Waals surface area (Å²) in [6, 6.07) is 0. The van der Waals surface area contributed by atoms with Gasteiger partial charge in [0.05, 0.1) is 5.54 Å². The standard InChI is InChI=1S/C12H22N2O/c1-10(2)8(11(10,3)4)9(15)14-12(7-13)5-6-12/h8H,5-7,13H2,1-4H3,(H,14,15). The molecule has 0 saturated heterocycles. The number of nitrogens with two attached hydrogens (primary N) is 1. The Hall–Kier alpha value is -0.570. The summed E-state index contributed by atoms with van der Waals surface area (Å²) >= 11 is 0. The summed E-state index contributed by atoms with van der Waals surface area (Å²) in [5, 5.41) is 3.13. The number of amides is 1. The number of nitrogens with one attached hydrogen (secondary N) is 1. The smallest absolute Gasteiger partial charge is 0.224 e. The van der Waals surface area contributed by atoms with Crippen LogP contribution in [-0.2, 0) is 4.79 Å². The van der Waals surface area contributed by atoms with E-state index in [1.807, 2.05) is 0 Å². The van der Waals surface area contributed by atoms with Gasteiger partial charge in [-0.25, -0.2) is 0 Å². The number of rotatable bonds is 3. The van der Waals surface area contributed by atoms with E-state index in [4.69, 9.17) is 5.73 Å². The first-order chi connectivity index (χ1) is 6.77. The first-order valence-corrected chi connectivity index (χ1v) is 5.79. The van der Waals surface area contributed by atoms with Crippen LogP contribution in [0.2, 0.25) is 0 Å². The molecular weight excluding hydrogens is 188 g/mol. The van der Waals surface area contributed by atoms with E-state index in [9.17, 15) is 4.79 Å². The van der Waals surface area contributed by atoms with E-state index in [1.54, 1.807) is 0 Å². The molecule has 0 radical (unpaired) electrons. The van der Waals surface area contributed by atoms with Gasteiger partial charge < -0.3 is 11.1 Å².